The lowest BCUT2D eigenvalue weighted by molar-refractivity contribution is 1.29. The van der Waals surface area contributed by atoms with Crippen molar-refractivity contribution in [2.75, 3.05) is 5.32 Å². The van der Waals surface area contributed by atoms with E-state index in [1.807, 2.05) is 36.9 Å². The smallest absolute Gasteiger partial charge is 0.133 e. The van der Waals surface area contributed by atoms with E-state index in [-0.39, 0.29) is 0 Å². The summed E-state index contributed by atoms with van der Waals surface area (Å²) in [5, 5.41) is 4.35. The van der Waals surface area contributed by atoms with Crippen LogP contribution in [-0.4, -0.2) is 5.84 Å². The van der Waals surface area contributed by atoms with Crippen molar-refractivity contribution in [3.8, 4) is 0 Å². The number of hydrogen-bond donors (Lipinski definition) is 1. The third-order valence-electron chi connectivity index (χ3n) is 2.74. The fourth-order valence-electron chi connectivity index (χ4n) is 1.81. The summed E-state index contributed by atoms with van der Waals surface area (Å²) in [4.78, 5) is 4.39. The summed E-state index contributed by atoms with van der Waals surface area (Å²) >= 11 is 11.9. The van der Waals surface area contributed by atoms with Gasteiger partial charge in [-0.15, -0.1) is 0 Å². The van der Waals surface area contributed by atoms with Crippen molar-refractivity contribution in [3.05, 3.63) is 70.2 Å². The van der Waals surface area contributed by atoms with E-state index in [2.05, 4.69) is 10.3 Å². The highest BCUT2D eigenvalue weighted by atomic mass is 35.5. The number of fused-ring (bicyclic) bond motifs is 1. The molecule has 0 aromatic heterocycles. The predicted octanol–water partition coefficient (Wildman–Crippen LogP) is 4.38. The van der Waals surface area contributed by atoms with Gasteiger partial charge in [0.2, 0.25) is 0 Å². The number of halogens is 2. The highest BCUT2D eigenvalue weighted by molar-refractivity contribution is 6.42. The molecule has 1 aliphatic rings. The number of rotatable bonds is 1. The summed E-state index contributed by atoms with van der Waals surface area (Å²) < 4.78 is 0. The molecule has 0 aliphatic carbocycles. The fourth-order valence-corrected chi connectivity index (χ4v) is 2.11. The van der Waals surface area contributed by atoms with E-state index in [1.54, 1.807) is 12.1 Å². The van der Waals surface area contributed by atoms with Gasteiger partial charge >= 0.3 is 0 Å². The summed E-state index contributed by atoms with van der Waals surface area (Å²) in [5.74, 6) is 0.771. The van der Waals surface area contributed by atoms with E-state index in [0.29, 0.717) is 10.0 Å². The maximum absolute atomic E-state index is 6.01. The van der Waals surface area contributed by atoms with Crippen LogP contribution >= 0.6 is 23.2 Å². The van der Waals surface area contributed by atoms with Gasteiger partial charge in [0.25, 0.3) is 0 Å². The molecular weight excluding hydrogens is 267 g/mol. The Morgan fingerprint density at radius 1 is 0.944 bits per heavy atom. The monoisotopic (exact) mass is 275 g/mol. The van der Waals surface area contributed by atoms with Crippen molar-refractivity contribution in [3.63, 3.8) is 0 Å². The molecule has 1 N–H and O–H groups in total. The van der Waals surface area contributed by atoms with Crippen molar-refractivity contribution in [1.82, 2.24) is 0 Å². The van der Waals surface area contributed by atoms with Crippen LogP contribution in [0.25, 0.3) is 0 Å². The van der Waals surface area contributed by atoms with Crippen molar-refractivity contribution >= 4 is 34.7 Å². The third kappa shape index (κ3) is 2.09. The van der Waals surface area contributed by atoms with Gasteiger partial charge in [0, 0.05) is 16.8 Å². The molecule has 18 heavy (non-hydrogen) atoms. The van der Waals surface area contributed by atoms with Gasteiger partial charge in [0.1, 0.15) is 12.4 Å². The topological polar surface area (TPSA) is 24.4 Å². The van der Waals surface area contributed by atoms with Crippen molar-refractivity contribution in [2.45, 2.75) is 0 Å². The van der Waals surface area contributed by atoms with E-state index in [9.17, 15) is 0 Å². The van der Waals surface area contributed by atoms with Gasteiger partial charge in [-0.1, -0.05) is 41.4 Å². The molecule has 1 heterocycles. The largest absolute Gasteiger partial charge is 0.340 e. The highest BCUT2D eigenvalue weighted by Gasteiger charge is 2.13. The Bertz CT molecular complexity index is 635. The lowest BCUT2D eigenvalue weighted by Gasteiger charge is -2.18. The van der Waals surface area contributed by atoms with E-state index < -0.39 is 0 Å². The number of hydrogen-bond acceptors (Lipinski definition) is 2. The number of aliphatic imine (C=N–C) groups is 1. The Balaban J connectivity index is 1.95. The van der Waals surface area contributed by atoms with Gasteiger partial charge in [0.15, 0.2) is 0 Å². The lowest BCUT2D eigenvalue weighted by Crippen LogP contribution is -2.18. The summed E-state index contributed by atoms with van der Waals surface area (Å²) in [6, 6.07) is 13.5. The van der Waals surface area contributed by atoms with Crippen molar-refractivity contribution in [2.24, 2.45) is 4.99 Å². The van der Waals surface area contributed by atoms with Crippen LogP contribution in [0.1, 0.15) is 11.1 Å². The summed E-state index contributed by atoms with van der Waals surface area (Å²) in [6.07, 6.45) is 0. The van der Waals surface area contributed by atoms with Crippen LogP contribution in [-0.2, 0) is 0 Å². The van der Waals surface area contributed by atoms with Gasteiger partial charge < -0.3 is 5.32 Å². The van der Waals surface area contributed by atoms with Gasteiger partial charge in [-0.2, -0.15) is 0 Å². The first-order valence-electron chi connectivity index (χ1n) is 5.46. The molecule has 89 valence electrons. The first kappa shape index (κ1) is 11.6. The Labute approximate surface area is 115 Å². The van der Waals surface area contributed by atoms with Gasteiger partial charge in [-0.05, 0) is 24.3 Å². The standard InChI is InChI=1S/C14H9Cl2N2/c15-11-6-5-9(7-12(11)16)14-17-8-10-3-1-2-4-13(10)18-14/h1-8H,(H,17,18). The molecule has 3 rings (SSSR count). The van der Waals surface area contributed by atoms with Crippen LogP contribution in [0.4, 0.5) is 5.69 Å². The molecule has 1 aliphatic heterocycles. The maximum Gasteiger partial charge on any atom is 0.133 e. The molecule has 1 radical (unpaired) electrons. The lowest BCUT2D eigenvalue weighted by atomic mass is 10.1. The number of benzene rings is 2. The van der Waals surface area contributed by atoms with Crippen LogP contribution in [0.5, 0.6) is 0 Å². The number of para-hydroxylation sites is 1. The zero-order valence-electron chi connectivity index (χ0n) is 9.32. The minimum Gasteiger partial charge on any atom is -0.340 e. The van der Waals surface area contributed by atoms with Crippen molar-refractivity contribution in [1.29, 1.82) is 0 Å². The molecule has 0 bridgehead atoms. The fraction of sp³-hybridized carbons (Fsp3) is 0. The van der Waals surface area contributed by atoms with Crippen LogP contribution in [0.15, 0.2) is 47.5 Å². The second-order valence-electron chi connectivity index (χ2n) is 3.95. The zero-order valence-corrected chi connectivity index (χ0v) is 10.8. The van der Waals surface area contributed by atoms with E-state index in [0.717, 1.165) is 22.6 Å². The van der Waals surface area contributed by atoms with Crippen LogP contribution < -0.4 is 5.32 Å². The molecule has 0 fully saturated rings. The molecule has 0 saturated carbocycles. The number of nitrogens with zero attached hydrogens (tertiary/aromatic N) is 1. The Morgan fingerprint density at radius 2 is 1.78 bits per heavy atom. The minimum absolute atomic E-state index is 0.525. The van der Waals surface area contributed by atoms with E-state index in [4.69, 9.17) is 23.2 Å². The first-order chi connectivity index (χ1) is 8.74. The number of nitrogens with one attached hydrogen (secondary N) is 1. The summed E-state index contributed by atoms with van der Waals surface area (Å²) in [6.45, 7) is 1.84. The average molecular weight is 276 g/mol. The van der Waals surface area contributed by atoms with Crippen LogP contribution in [0.3, 0.4) is 0 Å². The van der Waals surface area contributed by atoms with E-state index in [1.165, 1.54) is 0 Å². The second kappa shape index (κ2) is 4.63. The van der Waals surface area contributed by atoms with Gasteiger partial charge in [-0.25, -0.2) is 0 Å². The average Bonchev–Trinajstić information content (AvgIpc) is 2.41. The van der Waals surface area contributed by atoms with Crippen LogP contribution in [0.2, 0.25) is 10.0 Å². The molecule has 0 spiro atoms. The van der Waals surface area contributed by atoms with Crippen molar-refractivity contribution < 1.29 is 0 Å². The Morgan fingerprint density at radius 3 is 2.61 bits per heavy atom. The number of amidine groups is 1. The molecule has 2 aromatic rings. The second-order valence-corrected chi connectivity index (χ2v) is 4.76. The third-order valence-corrected chi connectivity index (χ3v) is 3.48. The number of anilines is 1. The van der Waals surface area contributed by atoms with Gasteiger partial charge in [0.05, 0.1) is 10.0 Å². The van der Waals surface area contributed by atoms with Gasteiger partial charge in [-0.3, -0.25) is 4.99 Å². The molecule has 0 saturated heterocycles. The molecule has 2 nitrogen and oxygen atoms in total. The first-order valence-corrected chi connectivity index (χ1v) is 6.22. The molecule has 4 heteroatoms. The maximum atomic E-state index is 6.01. The van der Waals surface area contributed by atoms with Crippen LogP contribution in [0, 0.1) is 6.54 Å². The van der Waals surface area contributed by atoms with E-state index >= 15 is 0 Å². The minimum atomic E-state index is 0.525. The summed E-state index contributed by atoms with van der Waals surface area (Å²) in [5.41, 5.74) is 3.02. The molecule has 0 unspecified atom stereocenters. The SMILES string of the molecule is Clc1ccc(C2=N[CH]c3ccccc3N2)cc1Cl. The zero-order chi connectivity index (χ0) is 12.5. The molecular formula is C14H9Cl2N2. The predicted molar refractivity (Wildman–Crippen MR) is 76.5 cm³/mol. The quantitative estimate of drug-likeness (QED) is 0.821. The Kier molecular flexibility index (Phi) is 2.98. The highest BCUT2D eigenvalue weighted by Crippen LogP contribution is 2.26. The Hall–Kier alpha value is -1.51. The molecule has 0 atom stereocenters. The normalized spacial score (nSPS) is 13.6. The summed E-state index contributed by atoms with van der Waals surface area (Å²) in [7, 11) is 0. The molecule has 0 amide bonds. The molecule has 2 aromatic carbocycles.